The molecule has 1 fully saturated rings. The van der Waals surface area contributed by atoms with Gasteiger partial charge >= 0.3 is 0 Å². The minimum Gasteiger partial charge on any atom is -0.381 e. The van der Waals surface area contributed by atoms with Crippen LogP contribution in [0.4, 0.5) is 11.5 Å². The normalized spacial score (nSPS) is 15.1. The Balaban J connectivity index is 1.63. The van der Waals surface area contributed by atoms with Gasteiger partial charge < -0.3 is 15.0 Å². The molecule has 1 aliphatic heterocycles. The molecule has 134 valence electrons. The molecule has 0 atom stereocenters. The Morgan fingerprint density at radius 1 is 1.24 bits per heavy atom. The maximum atomic E-state index is 12.4. The molecule has 0 radical (unpaired) electrons. The van der Waals surface area contributed by atoms with Crippen LogP contribution in [0.25, 0.3) is 0 Å². The van der Waals surface area contributed by atoms with Gasteiger partial charge in [0.05, 0.1) is 0 Å². The van der Waals surface area contributed by atoms with Crippen molar-refractivity contribution in [3.8, 4) is 0 Å². The quantitative estimate of drug-likeness (QED) is 0.844. The Morgan fingerprint density at radius 2 is 1.92 bits per heavy atom. The van der Waals surface area contributed by atoms with Gasteiger partial charge in [-0.15, -0.1) is 0 Å². The first-order valence-electron chi connectivity index (χ1n) is 9.00. The number of aromatic amines is 1. The monoisotopic (exact) mass is 342 g/mol. The fourth-order valence-corrected chi connectivity index (χ4v) is 3.22. The minimum absolute atomic E-state index is 0.142. The number of hydrogen-bond acceptors (Lipinski definition) is 4. The highest BCUT2D eigenvalue weighted by Gasteiger charge is 2.18. The van der Waals surface area contributed by atoms with Crippen molar-refractivity contribution in [2.75, 3.05) is 36.5 Å². The number of nitrogens with zero attached hydrogens (tertiary/aromatic N) is 2. The SMILES string of the molecule is CCN(CC)c1ccc(C(=O)Nc2cc(C3CCOCC3)[nH]n2)cc1. The van der Waals surface area contributed by atoms with Crippen LogP contribution in [0.2, 0.25) is 0 Å². The van der Waals surface area contributed by atoms with E-state index < -0.39 is 0 Å². The fraction of sp³-hybridized carbons (Fsp3) is 0.474. The second-order valence-corrected chi connectivity index (χ2v) is 6.27. The third kappa shape index (κ3) is 4.20. The number of nitrogens with one attached hydrogen (secondary N) is 2. The Morgan fingerprint density at radius 3 is 2.56 bits per heavy atom. The van der Waals surface area contributed by atoms with E-state index in [9.17, 15) is 4.79 Å². The topological polar surface area (TPSA) is 70.2 Å². The lowest BCUT2D eigenvalue weighted by molar-refractivity contribution is 0.0845. The van der Waals surface area contributed by atoms with Gasteiger partial charge in [0.1, 0.15) is 0 Å². The Hall–Kier alpha value is -2.34. The Bertz CT molecular complexity index is 686. The van der Waals surface area contributed by atoms with Crippen molar-refractivity contribution < 1.29 is 9.53 Å². The molecule has 1 aromatic heterocycles. The molecule has 25 heavy (non-hydrogen) atoms. The molecule has 1 aromatic carbocycles. The average Bonchev–Trinajstić information content (AvgIpc) is 3.12. The summed E-state index contributed by atoms with van der Waals surface area (Å²) < 4.78 is 5.39. The molecule has 2 heterocycles. The molecule has 0 unspecified atom stereocenters. The first-order valence-corrected chi connectivity index (χ1v) is 9.00. The highest BCUT2D eigenvalue weighted by Crippen LogP contribution is 2.26. The van der Waals surface area contributed by atoms with Crippen LogP contribution in [0.5, 0.6) is 0 Å². The number of amides is 1. The van der Waals surface area contributed by atoms with E-state index in [1.165, 1.54) is 0 Å². The molecular weight excluding hydrogens is 316 g/mol. The second kappa shape index (κ2) is 8.16. The van der Waals surface area contributed by atoms with Crippen LogP contribution in [0, 0.1) is 0 Å². The smallest absolute Gasteiger partial charge is 0.256 e. The highest BCUT2D eigenvalue weighted by molar-refractivity contribution is 6.03. The second-order valence-electron chi connectivity index (χ2n) is 6.27. The van der Waals surface area contributed by atoms with Crippen LogP contribution in [-0.2, 0) is 4.74 Å². The van der Waals surface area contributed by atoms with E-state index >= 15 is 0 Å². The van der Waals surface area contributed by atoms with Gasteiger partial charge in [0.15, 0.2) is 5.82 Å². The molecule has 0 bridgehead atoms. The van der Waals surface area contributed by atoms with Crippen molar-refractivity contribution in [2.45, 2.75) is 32.6 Å². The molecule has 1 saturated heterocycles. The third-order valence-corrected chi connectivity index (χ3v) is 4.76. The zero-order valence-corrected chi connectivity index (χ0v) is 14.9. The summed E-state index contributed by atoms with van der Waals surface area (Å²) in [5, 5.41) is 10.1. The molecule has 2 N–H and O–H groups in total. The van der Waals surface area contributed by atoms with Crippen molar-refractivity contribution in [3.05, 3.63) is 41.6 Å². The van der Waals surface area contributed by atoms with Crippen LogP contribution in [0.3, 0.4) is 0 Å². The number of carbonyl (C=O) groups is 1. The van der Waals surface area contributed by atoms with Crippen LogP contribution in [-0.4, -0.2) is 42.4 Å². The number of ether oxygens (including phenoxy) is 1. The lowest BCUT2D eigenvalue weighted by Gasteiger charge is -2.21. The average molecular weight is 342 g/mol. The third-order valence-electron chi connectivity index (χ3n) is 4.76. The summed E-state index contributed by atoms with van der Waals surface area (Å²) in [4.78, 5) is 14.7. The lowest BCUT2D eigenvalue weighted by Crippen LogP contribution is -2.21. The molecule has 2 aromatic rings. The molecule has 0 spiro atoms. The first kappa shape index (κ1) is 17.5. The van der Waals surface area contributed by atoms with Gasteiger partial charge in [0.2, 0.25) is 0 Å². The maximum Gasteiger partial charge on any atom is 0.256 e. The predicted octanol–water partition coefficient (Wildman–Crippen LogP) is 3.40. The van der Waals surface area contributed by atoms with Crippen LogP contribution in [0.15, 0.2) is 30.3 Å². The summed E-state index contributed by atoms with van der Waals surface area (Å²) in [6, 6.07) is 9.61. The van der Waals surface area contributed by atoms with Gasteiger partial charge in [-0.1, -0.05) is 0 Å². The van der Waals surface area contributed by atoms with E-state index in [4.69, 9.17) is 4.74 Å². The number of H-pyrrole nitrogens is 1. The van der Waals surface area contributed by atoms with Crippen molar-refractivity contribution in [1.82, 2.24) is 10.2 Å². The Kier molecular flexibility index (Phi) is 5.71. The van der Waals surface area contributed by atoms with Crippen LogP contribution in [0.1, 0.15) is 48.7 Å². The van der Waals surface area contributed by atoms with Gasteiger partial charge in [0.25, 0.3) is 5.91 Å². The molecule has 1 aliphatic rings. The summed E-state index contributed by atoms with van der Waals surface area (Å²) in [6.07, 6.45) is 1.98. The molecular formula is C19H26N4O2. The van der Waals surface area contributed by atoms with Gasteiger partial charge in [-0.3, -0.25) is 9.89 Å². The summed E-state index contributed by atoms with van der Waals surface area (Å²) in [5.41, 5.74) is 2.82. The van der Waals surface area contributed by atoms with E-state index in [1.54, 1.807) is 0 Å². The molecule has 0 saturated carbocycles. The first-order chi connectivity index (χ1) is 12.2. The zero-order chi connectivity index (χ0) is 17.6. The minimum atomic E-state index is -0.142. The van der Waals surface area contributed by atoms with E-state index in [1.807, 2.05) is 30.3 Å². The Labute approximate surface area is 148 Å². The highest BCUT2D eigenvalue weighted by atomic mass is 16.5. The summed E-state index contributed by atoms with van der Waals surface area (Å²) in [7, 11) is 0. The van der Waals surface area contributed by atoms with Crippen LogP contribution < -0.4 is 10.2 Å². The molecule has 6 heteroatoms. The van der Waals surface area contributed by atoms with Crippen molar-refractivity contribution in [2.24, 2.45) is 0 Å². The van der Waals surface area contributed by atoms with Gasteiger partial charge in [-0.25, -0.2) is 0 Å². The van der Waals surface area contributed by atoms with E-state index in [2.05, 4.69) is 34.3 Å². The van der Waals surface area contributed by atoms with Gasteiger partial charge in [0, 0.05) is 55.2 Å². The fourth-order valence-electron chi connectivity index (χ4n) is 3.22. The van der Waals surface area contributed by atoms with Crippen molar-refractivity contribution in [1.29, 1.82) is 0 Å². The van der Waals surface area contributed by atoms with E-state index in [0.717, 1.165) is 50.5 Å². The van der Waals surface area contributed by atoms with Crippen LogP contribution >= 0.6 is 0 Å². The number of rotatable bonds is 6. The number of carbonyl (C=O) groups excluding carboxylic acids is 1. The van der Waals surface area contributed by atoms with E-state index in [0.29, 0.717) is 17.3 Å². The lowest BCUT2D eigenvalue weighted by atomic mass is 9.97. The van der Waals surface area contributed by atoms with Gasteiger partial charge in [-0.05, 0) is 51.0 Å². The van der Waals surface area contributed by atoms with E-state index in [-0.39, 0.29) is 5.91 Å². The molecule has 3 rings (SSSR count). The number of aromatic nitrogens is 2. The largest absolute Gasteiger partial charge is 0.381 e. The molecule has 1 amide bonds. The number of anilines is 2. The van der Waals surface area contributed by atoms with Crippen molar-refractivity contribution in [3.63, 3.8) is 0 Å². The number of hydrogen-bond donors (Lipinski definition) is 2. The molecule has 6 nitrogen and oxygen atoms in total. The predicted molar refractivity (Wildman–Crippen MR) is 99.3 cm³/mol. The summed E-state index contributed by atoms with van der Waals surface area (Å²) in [5.74, 6) is 0.857. The van der Waals surface area contributed by atoms with Crippen molar-refractivity contribution >= 4 is 17.4 Å². The summed E-state index contributed by atoms with van der Waals surface area (Å²) in [6.45, 7) is 7.71. The summed E-state index contributed by atoms with van der Waals surface area (Å²) >= 11 is 0. The maximum absolute atomic E-state index is 12.4. The number of benzene rings is 1. The molecule has 0 aliphatic carbocycles. The zero-order valence-electron chi connectivity index (χ0n) is 14.9. The standard InChI is InChI=1S/C19H26N4O2/c1-3-23(4-2)16-7-5-15(6-8-16)19(24)20-18-13-17(21-22-18)14-9-11-25-12-10-14/h5-8,13-14H,3-4,9-12H2,1-2H3,(H2,20,21,22,24). The van der Waals surface area contributed by atoms with Gasteiger partial charge in [-0.2, -0.15) is 5.10 Å².